The van der Waals surface area contributed by atoms with Gasteiger partial charge in [0.05, 0.1) is 0 Å². The molecule has 2 fully saturated rings. The summed E-state index contributed by atoms with van der Waals surface area (Å²) in [5, 5.41) is 4.99. The van der Waals surface area contributed by atoms with Gasteiger partial charge in [-0.25, -0.2) is 4.79 Å². The van der Waals surface area contributed by atoms with Gasteiger partial charge in [0.1, 0.15) is 11.3 Å². The van der Waals surface area contributed by atoms with Crippen molar-refractivity contribution in [1.29, 1.82) is 0 Å². The lowest BCUT2D eigenvalue weighted by molar-refractivity contribution is -0.131. The SMILES string of the molecule is O=C(COc1ccc(/C=C2\C(=O)NC(=O)N(C3CCCC3)C2=O)cc1)Nc1ccccc1. The van der Waals surface area contributed by atoms with Crippen LogP contribution in [0.2, 0.25) is 0 Å². The number of barbiturate groups is 1. The molecule has 1 heterocycles. The first-order valence-electron chi connectivity index (χ1n) is 10.5. The minimum absolute atomic E-state index is 0.0765. The predicted molar refractivity (Wildman–Crippen MR) is 118 cm³/mol. The highest BCUT2D eigenvalue weighted by Gasteiger charge is 2.40. The highest BCUT2D eigenvalue weighted by atomic mass is 16.5. The zero-order chi connectivity index (χ0) is 22.5. The maximum absolute atomic E-state index is 12.8. The van der Waals surface area contributed by atoms with Crippen molar-refractivity contribution in [3.63, 3.8) is 0 Å². The normalized spacial score (nSPS) is 18.1. The van der Waals surface area contributed by atoms with Crippen molar-refractivity contribution in [2.45, 2.75) is 31.7 Å². The number of anilines is 1. The number of urea groups is 1. The molecule has 0 bridgehead atoms. The fourth-order valence-corrected chi connectivity index (χ4v) is 3.86. The third kappa shape index (κ3) is 4.85. The average Bonchev–Trinajstić information content (AvgIpc) is 3.31. The van der Waals surface area contributed by atoms with Crippen molar-refractivity contribution in [2.24, 2.45) is 0 Å². The number of rotatable bonds is 6. The summed E-state index contributed by atoms with van der Waals surface area (Å²) in [5.41, 5.74) is 1.21. The third-order valence-electron chi connectivity index (χ3n) is 5.44. The summed E-state index contributed by atoms with van der Waals surface area (Å²) < 4.78 is 5.49. The number of carbonyl (C=O) groups is 4. The number of ether oxygens (including phenoxy) is 1. The smallest absolute Gasteiger partial charge is 0.331 e. The first-order chi connectivity index (χ1) is 15.5. The Bertz CT molecular complexity index is 1060. The molecule has 0 radical (unpaired) electrons. The number of para-hydroxylation sites is 1. The van der Waals surface area contributed by atoms with Gasteiger partial charge in [-0.1, -0.05) is 43.2 Å². The van der Waals surface area contributed by atoms with Gasteiger partial charge in [-0.15, -0.1) is 0 Å². The quantitative estimate of drug-likeness (QED) is 0.538. The molecule has 4 rings (SSSR count). The number of carbonyl (C=O) groups excluding carboxylic acids is 4. The van der Waals surface area contributed by atoms with Crippen molar-refractivity contribution in [1.82, 2.24) is 10.2 Å². The van der Waals surface area contributed by atoms with E-state index in [0.29, 0.717) is 17.0 Å². The minimum Gasteiger partial charge on any atom is -0.484 e. The first-order valence-corrected chi connectivity index (χ1v) is 10.5. The van der Waals surface area contributed by atoms with Crippen molar-refractivity contribution in [2.75, 3.05) is 11.9 Å². The van der Waals surface area contributed by atoms with Crippen LogP contribution in [0.1, 0.15) is 31.2 Å². The topological polar surface area (TPSA) is 105 Å². The lowest BCUT2D eigenvalue weighted by atomic mass is 10.1. The Morgan fingerprint density at radius 1 is 1.03 bits per heavy atom. The number of hydrogen-bond acceptors (Lipinski definition) is 5. The Morgan fingerprint density at radius 2 is 1.72 bits per heavy atom. The van der Waals surface area contributed by atoms with Crippen LogP contribution in [0.5, 0.6) is 5.75 Å². The molecule has 0 atom stereocenters. The summed E-state index contributed by atoms with van der Waals surface area (Å²) in [4.78, 5) is 50.4. The van der Waals surface area contributed by atoms with Crippen LogP contribution in [0.4, 0.5) is 10.5 Å². The summed E-state index contributed by atoms with van der Waals surface area (Å²) in [6, 6.07) is 14.9. The van der Waals surface area contributed by atoms with Gasteiger partial charge in [0.2, 0.25) is 0 Å². The highest BCUT2D eigenvalue weighted by molar-refractivity contribution is 6.31. The van der Waals surface area contributed by atoms with Crippen LogP contribution in [0.3, 0.4) is 0 Å². The molecule has 164 valence electrons. The van der Waals surface area contributed by atoms with Gasteiger partial charge in [0.25, 0.3) is 17.7 Å². The van der Waals surface area contributed by atoms with Crippen LogP contribution < -0.4 is 15.4 Å². The van der Waals surface area contributed by atoms with Crippen LogP contribution in [0.25, 0.3) is 6.08 Å². The van der Waals surface area contributed by atoms with E-state index in [1.807, 2.05) is 18.2 Å². The van der Waals surface area contributed by atoms with Crippen LogP contribution in [-0.4, -0.2) is 41.3 Å². The molecule has 2 aromatic rings. The minimum atomic E-state index is -0.702. The van der Waals surface area contributed by atoms with E-state index in [4.69, 9.17) is 4.74 Å². The molecule has 32 heavy (non-hydrogen) atoms. The van der Waals surface area contributed by atoms with E-state index in [0.717, 1.165) is 25.7 Å². The number of amides is 5. The molecule has 1 saturated carbocycles. The second-order valence-electron chi connectivity index (χ2n) is 7.70. The Morgan fingerprint density at radius 3 is 2.41 bits per heavy atom. The van der Waals surface area contributed by atoms with E-state index in [1.54, 1.807) is 36.4 Å². The monoisotopic (exact) mass is 433 g/mol. The van der Waals surface area contributed by atoms with E-state index in [9.17, 15) is 19.2 Å². The molecule has 0 aromatic heterocycles. The summed E-state index contributed by atoms with van der Waals surface area (Å²) in [6.07, 6.45) is 4.88. The van der Waals surface area contributed by atoms with E-state index in [-0.39, 0.29) is 24.1 Å². The molecule has 8 heteroatoms. The summed E-state index contributed by atoms with van der Waals surface area (Å²) in [6.45, 7) is -0.158. The lowest BCUT2D eigenvalue weighted by Crippen LogP contribution is -2.57. The fourth-order valence-electron chi connectivity index (χ4n) is 3.86. The second-order valence-corrected chi connectivity index (χ2v) is 7.70. The van der Waals surface area contributed by atoms with Crippen LogP contribution in [-0.2, 0) is 14.4 Å². The molecular formula is C24H23N3O5. The molecule has 1 aliphatic carbocycles. The zero-order valence-electron chi connectivity index (χ0n) is 17.4. The predicted octanol–water partition coefficient (Wildman–Crippen LogP) is 3.11. The highest BCUT2D eigenvalue weighted by Crippen LogP contribution is 2.27. The largest absolute Gasteiger partial charge is 0.484 e. The standard InChI is InChI=1S/C24H23N3O5/c28-21(25-17-6-2-1-3-7-17)15-32-19-12-10-16(11-13-19)14-20-22(29)26-24(31)27(23(20)30)18-8-4-5-9-18/h1-3,6-7,10-14,18H,4-5,8-9,15H2,(H,25,28)(H,26,29,31)/b20-14+. The lowest BCUT2D eigenvalue weighted by Gasteiger charge is -2.31. The van der Waals surface area contributed by atoms with Gasteiger partial charge >= 0.3 is 6.03 Å². The van der Waals surface area contributed by atoms with E-state index >= 15 is 0 Å². The van der Waals surface area contributed by atoms with E-state index in [2.05, 4.69) is 10.6 Å². The Balaban J connectivity index is 1.39. The number of nitrogens with zero attached hydrogens (tertiary/aromatic N) is 1. The first kappa shape index (κ1) is 21.3. The summed E-state index contributed by atoms with van der Waals surface area (Å²) in [5.74, 6) is -1.09. The van der Waals surface area contributed by atoms with E-state index < -0.39 is 17.8 Å². The molecule has 2 aromatic carbocycles. The third-order valence-corrected chi connectivity index (χ3v) is 5.44. The van der Waals surface area contributed by atoms with Gasteiger partial charge in [-0.3, -0.25) is 24.6 Å². The molecule has 8 nitrogen and oxygen atoms in total. The summed E-state index contributed by atoms with van der Waals surface area (Å²) in [7, 11) is 0. The molecule has 5 amide bonds. The Kier molecular flexibility index (Phi) is 6.30. The van der Waals surface area contributed by atoms with E-state index in [1.165, 1.54) is 11.0 Å². The molecule has 0 unspecified atom stereocenters. The van der Waals surface area contributed by atoms with Gasteiger partial charge in [-0.2, -0.15) is 0 Å². The van der Waals surface area contributed by atoms with Crippen LogP contribution in [0, 0.1) is 0 Å². The second kappa shape index (κ2) is 9.47. The maximum atomic E-state index is 12.8. The fraction of sp³-hybridized carbons (Fsp3) is 0.250. The van der Waals surface area contributed by atoms with Crippen LogP contribution >= 0.6 is 0 Å². The number of benzene rings is 2. The Labute approximate surface area is 185 Å². The van der Waals surface area contributed by atoms with Crippen molar-refractivity contribution in [3.05, 3.63) is 65.7 Å². The van der Waals surface area contributed by atoms with Crippen molar-refractivity contribution >= 4 is 35.5 Å². The summed E-state index contributed by atoms with van der Waals surface area (Å²) >= 11 is 0. The Hall–Kier alpha value is -3.94. The van der Waals surface area contributed by atoms with Crippen molar-refractivity contribution < 1.29 is 23.9 Å². The van der Waals surface area contributed by atoms with Gasteiger partial charge in [0.15, 0.2) is 6.61 Å². The van der Waals surface area contributed by atoms with Crippen LogP contribution in [0.15, 0.2) is 60.2 Å². The van der Waals surface area contributed by atoms with Gasteiger partial charge in [-0.05, 0) is 48.7 Å². The molecule has 1 saturated heterocycles. The van der Waals surface area contributed by atoms with Crippen molar-refractivity contribution in [3.8, 4) is 5.75 Å². The zero-order valence-corrected chi connectivity index (χ0v) is 17.4. The maximum Gasteiger partial charge on any atom is 0.331 e. The molecule has 2 N–H and O–H groups in total. The number of imide groups is 2. The number of nitrogens with one attached hydrogen (secondary N) is 2. The van der Waals surface area contributed by atoms with Gasteiger partial charge in [0, 0.05) is 11.7 Å². The number of hydrogen-bond donors (Lipinski definition) is 2. The molecule has 0 spiro atoms. The molecule has 2 aliphatic rings. The molecule has 1 aliphatic heterocycles. The average molecular weight is 433 g/mol. The molecular weight excluding hydrogens is 410 g/mol. The van der Waals surface area contributed by atoms with Gasteiger partial charge < -0.3 is 10.1 Å².